The monoisotopic (exact) mass is 405 g/mol. The van der Waals surface area contributed by atoms with Gasteiger partial charge in [-0.15, -0.1) is 0 Å². The summed E-state index contributed by atoms with van der Waals surface area (Å²) in [5.41, 5.74) is 0. The Bertz CT molecular complexity index is 785. The number of likely N-dealkylation sites (N-methyl/N-ethyl adjacent to an activating group) is 3. The zero-order valence-electron chi connectivity index (χ0n) is 18.3. The smallest absolute Gasteiger partial charge is 0.872 e. The fraction of sp³-hybridized carbons (Fsp3) is 0.391. The normalized spacial score (nSPS) is 11.0. The molecule has 0 aliphatic carbocycles. The molecule has 28 heavy (non-hydrogen) atoms. The molecule has 3 rings (SSSR count). The van der Waals surface area contributed by atoms with Crippen LogP contribution in [-0.4, -0.2) is 76.1 Å². The van der Waals surface area contributed by atoms with Crippen LogP contribution in [0.1, 0.15) is 0 Å². The van der Waals surface area contributed by atoms with Gasteiger partial charge in [0.2, 0.25) is 0 Å². The predicted octanol–water partition coefficient (Wildman–Crippen LogP) is 0.112. The van der Waals surface area contributed by atoms with E-state index in [9.17, 15) is 5.11 Å². The third kappa shape index (κ3) is 8.09. The van der Waals surface area contributed by atoms with Crippen LogP contribution in [-0.2, 0) is 0 Å². The van der Waals surface area contributed by atoms with Gasteiger partial charge in [-0.2, -0.15) is 0 Å². The molecule has 0 aromatic heterocycles. The first-order valence-corrected chi connectivity index (χ1v) is 9.44. The molecule has 0 radical (unpaired) electrons. The Balaban J connectivity index is 0.000000279. The van der Waals surface area contributed by atoms with Crippen LogP contribution in [0.2, 0.25) is 0 Å². The van der Waals surface area contributed by atoms with E-state index < -0.39 is 0 Å². The van der Waals surface area contributed by atoms with E-state index in [1.807, 2.05) is 48.5 Å². The molecule has 0 N–H and O–H groups in total. The minimum absolute atomic E-state index is 0. The van der Waals surface area contributed by atoms with E-state index in [0.717, 1.165) is 47.7 Å². The van der Waals surface area contributed by atoms with Crippen molar-refractivity contribution >= 4 is 21.5 Å². The van der Waals surface area contributed by atoms with Gasteiger partial charge in [0.05, 0.1) is 0 Å². The van der Waals surface area contributed by atoms with Gasteiger partial charge in [-0.05, 0) is 62.8 Å². The summed E-state index contributed by atoms with van der Waals surface area (Å²) in [6, 6.07) is 17.5. The van der Waals surface area contributed by atoms with Gasteiger partial charge in [-0.1, -0.05) is 54.3 Å². The average molecular weight is 406 g/mol. The van der Waals surface area contributed by atoms with Crippen molar-refractivity contribution in [1.82, 2.24) is 14.7 Å². The Labute approximate surface area is 212 Å². The van der Waals surface area contributed by atoms with Crippen molar-refractivity contribution in [1.29, 1.82) is 0 Å². The summed E-state index contributed by atoms with van der Waals surface area (Å²) in [7, 11) is 10.6. The Morgan fingerprint density at radius 3 is 1.43 bits per heavy atom. The van der Waals surface area contributed by atoms with Crippen molar-refractivity contribution in [3.63, 3.8) is 0 Å². The molecular formula is C23H32KN3O. The minimum Gasteiger partial charge on any atom is -0.872 e. The van der Waals surface area contributed by atoms with Crippen LogP contribution >= 0.6 is 0 Å². The maximum absolute atomic E-state index is 12.1. The van der Waals surface area contributed by atoms with Crippen LogP contribution in [0.25, 0.3) is 21.5 Å². The van der Waals surface area contributed by atoms with Gasteiger partial charge in [-0.25, -0.2) is 0 Å². The summed E-state index contributed by atoms with van der Waals surface area (Å²) in [6.45, 7) is 4.59. The first-order chi connectivity index (χ1) is 12.9. The van der Waals surface area contributed by atoms with Gasteiger partial charge >= 0.3 is 51.4 Å². The first-order valence-electron chi connectivity index (χ1n) is 9.44. The van der Waals surface area contributed by atoms with Gasteiger partial charge in [0, 0.05) is 26.2 Å². The Hall–Kier alpha value is -0.504. The van der Waals surface area contributed by atoms with E-state index in [1.54, 1.807) is 0 Å². The molecule has 0 atom stereocenters. The van der Waals surface area contributed by atoms with E-state index in [0.29, 0.717) is 0 Å². The van der Waals surface area contributed by atoms with Gasteiger partial charge < -0.3 is 19.8 Å². The van der Waals surface area contributed by atoms with Crippen molar-refractivity contribution in [2.45, 2.75) is 0 Å². The molecule has 0 unspecified atom stereocenters. The minimum atomic E-state index is 0. The average Bonchev–Trinajstić information content (AvgIpc) is 2.65. The van der Waals surface area contributed by atoms with Crippen molar-refractivity contribution in [2.75, 3.05) is 61.4 Å². The Kier molecular flexibility index (Phi) is 11.8. The molecule has 0 saturated heterocycles. The molecule has 0 amide bonds. The van der Waals surface area contributed by atoms with Gasteiger partial charge in [0.25, 0.3) is 0 Å². The van der Waals surface area contributed by atoms with E-state index >= 15 is 0 Å². The molecule has 5 heteroatoms. The topological polar surface area (TPSA) is 32.8 Å². The first kappa shape index (κ1) is 25.5. The summed E-state index contributed by atoms with van der Waals surface area (Å²) in [5, 5.41) is 15.7. The molecule has 4 nitrogen and oxygen atoms in total. The second-order valence-electron chi connectivity index (χ2n) is 7.56. The molecule has 146 valence electrons. The Morgan fingerprint density at radius 2 is 1.04 bits per heavy atom. The zero-order valence-corrected chi connectivity index (χ0v) is 21.4. The largest absolute Gasteiger partial charge is 1.00 e. The number of hydrogen-bond donors (Lipinski definition) is 0. The number of rotatable bonds is 6. The molecular weight excluding hydrogens is 373 g/mol. The van der Waals surface area contributed by atoms with Crippen LogP contribution in [0.3, 0.4) is 0 Å². The predicted molar refractivity (Wildman–Crippen MR) is 116 cm³/mol. The summed E-state index contributed by atoms with van der Waals surface area (Å²) in [6.07, 6.45) is 0. The van der Waals surface area contributed by atoms with Crippen LogP contribution in [0.4, 0.5) is 0 Å². The van der Waals surface area contributed by atoms with Crippen molar-refractivity contribution in [2.24, 2.45) is 0 Å². The quantitative estimate of drug-likeness (QED) is 0.431. The van der Waals surface area contributed by atoms with E-state index in [4.69, 9.17) is 0 Å². The third-order valence-electron chi connectivity index (χ3n) is 4.58. The number of fused-ring (bicyclic) bond motifs is 2. The van der Waals surface area contributed by atoms with Crippen molar-refractivity contribution in [3.8, 4) is 5.75 Å². The summed E-state index contributed by atoms with van der Waals surface area (Å²) >= 11 is 0. The maximum atomic E-state index is 12.1. The molecule has 3 aromatic rings. The summed E-state index contributed by atoms with van der Waals surface area (Å²) in [5.74, 6) is 0.128. The standard InChI is InChI=1S/C14H10O.C9H23N3.K/c15-14-12-7-3-1-5-10(12)9-11-6-2-4-8-13(11)14;1-10(2)6-8-12(5)9-7-11(3)4;/h1-9,15H;6-9H2,1-5H3;/q;;+1/p-1. The third-order valence-corrected chi connectivity index (χ3v) is 4.58. The molecule has 0 aliphatic heterocycles. The molecule has 0 heterocycles. The fourth-order valence-electron chi connectivity index (χ4n) is 2.83. The second-order valence-corrected chi connectivity index (χ2v) is 7.56. The molecule has 0 bridgehead atoms. The SMILES string of the molecule is CN(C)CCN(C)CCN(C)C.[K+].[O-]c1c2ccccc2cc2ccccc12. The fourth-order valence-corrected chi connectivity index (χ4v) is 2.83. The van der Waals surface area contributed by atoms with Gasteiger partial charge in [-0.3, -0.25) is 0 Å². The van der Waals surface area contributed by atoms with Crippen LogP contribution in [0, 0.1) is 0 Å². The zero-order chi connectivity index (χ0) is 19.8. The van der Waals surface area contributed by atoms with Gasteiger partial charge in [0.15, 0.2) is 0 Å². The number of benzene rings is 3. The summed E-state index contributed by atoms with van der Waals surface area (Å²) in [4.78, 5) is 6.79. The van der Waals surface area contributed by atoms with Crippen molar-refractivity contribution < 1.29 is 56.5 Å². The van der Waals surface area contributed by atoms with Gasteiger partial charge in [0.1, 0.15) is 0 Å². The molecule has 0 spiro atoms. The number of nitrogens with zero attached hydrogens (tertiary/aromatic N) is 3. The molecule has 0 aliphatic rings. The molecule has 0 saturated carbocycles. The maximum Gasteiger partial charge on any atom is 1.00 e. The molecule has 0 fully saturated rings. The second kappa shape index (κ2) is 12.9. The van der Waals surface area contributed by atoms with E-state index in [1.165, 1.54) is 0 Å². The van der Waals surface area contributed by atoms with Crippen LogP contribution < -0.4 is 56.5 Å². The van der Waals surface area contributed by atoms with E-state index in [-0.39, 0.29) is 57.1 Å². The molecule has 3 aromatic carbocycles. The number of hydrogen-bond acceptors (Lipinski definition) is 4. The van der Waals surface area contributed by atoms with E-state index in [2.05, 4.69) is 56.0 Å². The van der Waals surface area contributed by atoms with Crippen molar-refractivity contribution in [3.05, 3.63) is 54.6 Å². The Morgan fingerprint density at radius 1 is 0.643 bits per heavy atom. The van der Waals surface area contributed by atoms with Crippen LogP contribution in [0.5, 0.6) is 5.75 Å². The summed E-state index contributed by atoms with van der Waals surface area (Å²) < 4.78 is 0. The van der Waals surface area contributed by atoms with Crippen LogP contribution in [0.15, 0.2) is 54.6 Å².